The Morgan fingerprint density at radius 3 is 2.86 bits per heavy atom. The van der Waals surface area contributed by atoms with Crippen molar-refractivity contribution >= 4 is 34.9 Å². The summed E-state index contributed by atoms with van der Waals surface area (Å²) in [6.45, 7) is 0. The van der Waals surface area contributed by atoms with Crippen LogP contribution in [-0.2, 0) is 0 Å². The number of rotatable bonds is 4. The highest BCUT2D eigenvalue weighted by Gasteiger charge is 2.18. The zero-order chi connectivity index (χ0) is 16.3. The number of aromatic nitrogens is 2. The summed E-state index contributed by atoms with van der Waals surface area (Å²) in [4.78, 5) is 27.9. The number of carbonyl (C=O) groups excluding carboxylic acids is 1. The summed E-state index contributed by atoms with van der Waals surface area (Å²) in [6, 6.07) is 3.22. The van der Waals surface area contributed by atoms with Gasteiger partial charge in [-0.2, -0.15) is 4.98 Å². The smallest absolute Gasteiger partial charge is 0.409 e. The van der Waals surface area contributed by atoms with Gasteiger partial charge in [0.1, 0.15) is 17.8 Å². The van der Waals surface area contributed by atoms with Gasteiger partial charge in [0.2, 0.25) is 11.1 Å². The minimum Gasteiger partial charge on any atom is -0.410 e. The van der Waals surface area contributed by atoms with Crippen LogP contribution >= 0.6 is 11.6 Å². The molecule has 0 bridgehead atoms. The highest BCUT2D eigenvalue weighted by molar-refractivity contribution is 6.28. The molecule has 1 aromatic heterocycles. The Balaban J connectivity index is 2.40. The maximum atomic E-state index is 13.7. The summed E-state index contributed by atoms with van der Waals surface area (Å²) < 4.78 is 18.3. The lowest BCUT2D eigenvalue weighted by molar-refractivity contribution is -0.384. The van der Waals surface area contributed by atoms with Crippen molar-refractivity contribution in [3.63, 3.8) is 0 Å². The molecule has 0 aliphatic carbocycles. The molecule has 0 spiro atoms. The Kier molecular flexibility index (Phi) is 4.32. The van der Waals surface area contributed by atoms with Crippen LogP contribution in [0.3, 0.4) is 0 Å². The van der Waals surface area contributed by atoms with Crippen molar-refractivity contribution in [2.24, 2.45) is 5.73 Å². The highest BCUT2D eigenvalue weighted by atomic mass is 35.5. The van der Waals surface area contributed by atoms with Crippen LogP contribution in [0, 0.1) is 15.9 Å². The number of nitro groups is 1. The van der Waals surface area contributed by atoms with Crippen LogP contribution in [0.5, 0.6) is 5.75 Å². The Morgan fingerprint density at radius 1 is 1.50 bits per heavy atom. The highest BCUT2D eigenvalue weighted by Crippen LogP contribution is 2.29. The quantitative estimate of drug-likeness (QED) is 0.500. The minimum absolute atomic E-state index is 0.0563. The van der Waals surface area contributed by atoms with Gasteiger partial charge in [0.05, 0.1) is 10.6 Å². The first-order valence-corrected chi connectivity index (χ1v) is 5.95. The minimum atomic E-state index is -1.09. The van der Waals surface area contributed by atoms with Crippen LogP contribution in [0.4, 0.5) is 26.4 Å². The topological polar surface area (TPSA) is 133 Å². The third-order valence-electron chi connectivity index (χ3n) is 2.35. The predicted molar refractivity (Wildman–Crippen MR) is 73.6 cm³/mol. The van der Waals surface area contributed by atoms with Gasteiger partial charge in [0.25, 0.3) is 0 Å². The standard InChI is InChI=1S/C11H7ClFN5O4/c12-10-15-4-8(18(20)21)9(17-10)16-7-3-5(22-11(14)19)1-2-6(7)13/h1-4H,(H2,14,19)(H,15,16,17). The molecule has 0 saturated carbocycles. The van der Waals surface area contributed by atoms with E-state index in [9.17, 15) is 19.3 Å². The second kappa shape index (κ2) is 6.18. The van der Waals surface area contributed by atoms with Gasteiger partial charge in [0, 0.05) is 6.07 Å². The van der Waals surface area contributed by atoms with Crippen LogP contribution in [0.15, 0.2) is 24.4 Å². The molecule has 1 heterocycles. The molecule has 0 atom stereocenters. The number of halogens is 2. The SMILES string of the molecule is NC(=O)Oc1ccc(F)c(Nc2nc(Cl)ncc2[N+](=O)[O-])c1. The molecule has 2 rings (SSSR count). The number of nitrogens with two attached hydrogens (primary N) is 1. The maximum absolute atomic E-state index is 13.7. The summed E-state index contributed by atoms with van der Waals surface area (Å²) in [6.07, 6.45) is -0.215. The van der Waals surface area contributed by atoms with Gasteiger partial charge in [-0.05, 0) is 23.7 Å². The second-order valence-corrected chi connectivity index (χ2v) is 4.16. The van der Waals surface area contributed by atoms with Crippen LogP contribution < -0.4 is 15.8 Å². The number of carbonyl (C=O) groups is 1. The van der Waals surface area contributed by atoms with Gasteiger partial charge in [-0.1, -0.05) is 0 Å². The molecule has 3 N–H and O–H groups in total. The number of hydrogen-bond donors (Lipinski definition) is 2. The van der Waals surface area contributed by atoms with E-state index in [0.29, 0.717) is 0 Å². The first-order valence-electron chi connectivity index (χ1n) is 5.57. The van der Waals surface area contributed by atoms with Crippen molar-refractivity contribution in [3.8, 4) is 5.75 Å². The van der Waals surface area contributed by atoms with Crippen molar-refractivity contribution in [1.82, 2.24) is 9.97 Å². The van der Waals surface area contributed by atoms with E-state index in [1.807, 2.05) is 0 Å². The third kappa shape index (κ3) is 3.55. The summed E-state index contributed by atoms with van der Waals surface area (Å²) in [5.41, 5.74) is 4.11. The molecule has 0 unspecified atom stereocenters. The first kappa shape index (κ1) is 15.4. The number of anilines is 2. The van der Waals surface area contributed by atoms with E-state index >= 15 is 0 Å². The fourth-order valence-corrected chi connectivity index (χ4v) is 1.62. The van der Waals surface area contributed by atoms with Gasteiger partial charge in [0.15, 0.2) is 0 Å². The van der Waals surface area contributed by atoms with E-state index in [1.54, 1.807) is 0 Å². The summed E-state index contributed by atoms with van der Waals surface area (Å²) in [7, 11) is 0. The second-order valence-electron chi connectivity index (χ2n) is 3.82. The Morgan fingerprint density at radius 2 is 2.23 bits per heavy atom. The van der Waals surface area contributed by atoms with Crippen LogP contribution in [0.2, 0.25) is 5.28 Å². The van der Waals surface area contributed by atoms with Crippen molar-refractivity contribution in [2.75, 3.05) is 5.32 Å². The Bertz CT molecular complexity index is 757. The lowest BCUT2D eigenvalue weighted by Gasteiger charge is -2.09. The Labute approximate surface area is 127 Å². The molecule has 0 saturated heterocycles. The maximum Gasteiger partial charge on any atom is 0.409 e. The molecular formula is C11H7ClFN5O4. The molecule has 0 radical (unpaired) electrons. The van der Waals surface area contributed by atoms with E-state index in [0.717, 1.165) is 24.4 Å². The van der Waals surface area contributed by atoms with Crippen molar-refractivity contribution in [1.29, 1.82) is 0 Å². The molecular weight excluding hydrogens is 321 g/mol. The number of hydrogen-bond acceptors (Lipinski definition) is 7. The van der Waals surface area contributed by atoms with Crippen molar-refractivity contribution < 1.29 is 18.8 Å². The third-order valence-corrected chi connectivity index (χ3v) is 2.53. The van der Waals surface area contributed by atoms with Crippen LogP contribution in [0.25, 0.3) is 0 Å². The molecule has 1 aromatic carbocycles. The fourth-order valence-electron chi connectivity index (χ4n) is 1.49. The molecule has 9 nitrogen and oxygen atoms in total. The lowest BCUT2D eigenvalue weighted by atomic mass is 10.3. The number of amides is 1. The van der Waals surface area contributed by atoms with E-state index in [1.165, 1.54) is 0 Å². The average Bonchev–Trinajstić information content (AvgIpc) is 2.41. The van der Waals surface area contributed by atoms with Gasteiger partial charge in [-0.15, -0.1) is 0 Å². The number of primary amides is 1. The van der Waals surface area contributed by atoms with Crippen LogP contribution in [-0.4, -0.2) is 21.0 Å². The molecule has 22 heavy (non-hydrogen) atoms. The van der Waals surface area contributed by atoms with Crippen molar-refractivity contribution in [3.05, 3.63) is 45.6 Å². The molecule has 0 aliphatic rings. The van der Waals surface area contributed by atoms with Gasteiger partial charge < -0.3 is 15.8 Å². The van der Waals surface area contributed by atoms with E-state index in [-0.39, 0.29) is 22.5 Å². The summed E-state index contributed by atoms with van der Waals surface area (Å²) >= 11 is 5.56. The van der Waals surface area contributed by atoms with Gasteiger partial charge >= 0.3 is 11.8 Å². The molecule has 11 heteroatoms. The first-order chi connectivity index (χ1) is 10.4. The monoisotopic (exact) mass is 327 g/mol. The molecule has 1 amide bonds. The molecule has 114 valence electrons. The van der Waals surface area contributed by atoms with Gasteiger partial charge in [-0.25, -0.2) is 14.2 Å². The van der Waals surface area contributed by atoms with E-state index in [4.69, 9.17) is 17.3 Å². The molecule has 0 aliphatic heterocycles. The largest absolute Gasteiger partial charge is 0.410 e. The molecule has 2 aromatic rings. The normalized spacial score (nSPS) is 10.1. The fraction of sp³-hybridized carbons (Fsp3) is 0. The molecule has 0 fully saturated rings. The van der Waals surface area contributed by atoms with Gasteiger partial charge in [-0.3, -0.25) is 10.1 Å². The number of nitrogens with one attached hydrogen (secondary N) is 1. The van der Waals surface area contributed by atoms with Crippen molar-refractivity contribution in [2.45, 2.75) is 0 Å². The van der Waals surface area contributed by atoms with E-state index < -0.39 is 22.5 Å². The zero-order valence-electron chi connectivity index (χ0n) is 10.6. The summed E-state index contributed by atoms with van der Waals surface area (Å²) in [5, 5.41) is 13.0. The Hall–Kier alpha value is -3.01. The van der Waals surface area contributed by atoms with Crippen LogP contribution in [0.1, 0.15) is 0 Å². The zero-order valence-corrected chi connectivity index (χ0v) is 11.4. The lowest BCUT2D eigenvalue weighted by Crippen LogP contribution is -2.16. The average molecular weight is 328 g/mol. The number of ether oxygens (including phenoxy) is 1. The number of benzene rings is 1. The predicted octanol–water partition coefficient (Wildman–Crippen LogP) is 2.38. The summed E-state index contributed by atoms with van der Waals surface area (Å²) in [5.74, 6) is -1.14. The number of nitrogens with zero attached hydrogens (tertiary/aromatic N) is 3. The van der Waals surface area contributed by atoms with E-state index in [2.05, 4.69) is 20.0 Å².